The standard InChI is InChI=1S/C24H28N2O4S/c1-29-21-12-17-11-18(23(27)25-20(17)13-22(21)30-2)14-26(15-19-9-6-10-31-19)24(28)16-7-4-3-5-8-16/h6,9-13,16H,3-5,7-8,14-15H2,1-2H3,(H,25,27). The summed E-state index contributed by atoms with van der Waals surface area (Å²) in [5.74, 6) is 1.37. The van der Waals surface area contributed by atoms with Crippen molar-refractivity contribution in [3.8, 4) is 11.5 Å². The number of pyridine rings is 1. The summed E-state index contributed by atoms with van der Waals surface area (Å²) in [6.07, 6.45) is 5.27. The molecule has 0 atom stereocenters. The minimum atomic E-state index is -0.188. The van der Waals surface area contributed by atoms with Gasteiger partial charge < -0.3 is 19.4 Å². The maximum absolute atomic E-state index is 13.4. The van der Waals surface area contributed by atoms with E-state index in [0.717, 1.165) is 35.9 Å². The van der Waals surface area contributed by atoms with Crippen LogP contribution in [0.25, 0.3) is 10.9 Å². The molecule has 1 aliphatic rings. The highest BCUT2D eigenvalue weighted by Crippen LogP contribution is 2.31. The van der Waals surface area contributed by atoms with Crippen LogP contribution >= 0.6 is 11.3 Å². The van der Waals surface area contributed by atoms with E-state index in [0.29, 0.717) is 29.1 Å². The van der Waals surface area contributed by atoms with Crippen LogP contribution in [0.5, 0.6) is 11.5 Å². The lowest BCUT2D eigenvalue weighted by molar-refractivity contribution is -0.137. The summed E-state index contributed by atoms with van der Waals surface area (Å²) in [6, 6.07) is 9.49. The second kappa shape index (κ2) is 9.56. The van der Waals surface area contributed by atoms with Gasteiger partial charge in [0, 0.05) is 27.8 Å². The Balaban J connectivity index is 1.66. The van der Waals surface area contributed by atoms with Crippen molar-refractivity contribution in [1.82, 2.24) is 9.88 Å². The number of thiophene rings is 1. The molecule has 1 aromatic carbocycles. The number of amides is 1. The maximum atomic E-state index is 13.4. The van der Waals surface area contributed by atoms with Gasteiger partial charge in [0.2, 0.25) is 5.91 Å². The van der Waals surface area contributed by atoms with Crippen LogP contribution < -0.4 is 15.0 Å². The minimum absolute atomic E-state index is 0.0533. The fourth-order valence-corrected chi connectivity index (χ4v) is 5.03. The summed E-state index contributed by atoms with van der Waals surface area (Å²) in [6.45, 7) is 0.809. The number of ether oxygens (including phenoxy) is 2. The van der Waals surface area contributed by atoms with Crippen LogP contribution in [-0.2, 0) is 17.9 Å². The van der Waals surface area contributed by atoms with Crippen LogP contribution in [0.1, 0.15) is 42.5 Å². The SMILES string of the molecule is COc1cc2cc(CN(Cc3cccs3)C(=O)C3CCCCC3)c(=O)[nH]c2cc1OC. The van der Waals surface area contributed by atoms with Gasteiger partial charge >= 0.3 is 0 Å². The lowest BCUT2D eigenvalue weighted by atomic mass is 9.88. The number of carbonyl (C=O) groups excluding carboxylic acids is 1. The number of nitrogens with one attached hydrogen (secondary N) is 1. The van der Waals surface area contributed by atoms with E-state index in [9.17, 15) is 9.59 Å². The minimum Gasteiger partial charge on any atom is -0.493 e. The van der Waals surface area contributed by atoms with Crippen LogP contribution in [0.2, 0.25) is 0 Å². The largest absolute Gasteiger partial charge is 0.493 e. The molecule has 0 unspecified atom stereocenters. The first-order valence-electron chi connectivity index (χ1n) is 10.7. The van der Waals surface area contributed by atoms with Gasteiger partial charge in [0.15, 0.2) is 11.5 Å². The van der Waals surface area contributed by atoms with Crippen LogP contribution in [0.15, 0.2) is 40.5 Å². The highest BCUT2D eigenvalue weighted by Gasteiger charge is 2.27. The molecule has 0 saturated heterocycles. The number of H-pyrrole nitrogens is 1. The van der Waals surface area contributed by atoms with E-state index >= 15 is 0 Å². The molecule has 4 rings (SSSR count). The van der Waals surface area contributed by atoms with Crippen LogP contribution in [0.3, 0.4) is 0 Å². The molecule has 0 radical (unpaired) electrons. The van der Waals surface area contributed by atoms with Gasteiger partial charge in [-0.2, -0.15) is 0 Å². The highest BCUT2D eigenvalue weighted by molar-refractivity contribution is 7.09. The lowest BCUT2D eigenvalue weighted by Crippen LogP contribution is -2.37. The van der Waals surface area contributed by atoms with Crippen molar-refractivity contribution >= 4 is 28.1 Å². The molecule has 164 valence electrons. The van der Waals surface area contributed by atoms with Crippen LogP contribution in [-0.4, -0.2) is 30.0 Å². The third-order valence-electron chi connectivity index (χ3n) is 5.98. The van der Waals surface area contributed by atoms with E-state index in [1.165, 1.54) is 6.42 Å². The number of rotatable bonds is 7. The molecular weight excluding hydrogens is 412 g/mol. The number of carbonyl (C=O) groups is 1. The summed E-state index contributed by atoms with van der Waals surface area (Å²) in [5.41, 5.74) is 1.06. The molecule has 1 fully saturated rings. The highest BCUT2D eigenvalue weighted by atomic mass is 32.1. The zero-order chi connectivity index (χ0) is 21.8. The number of hydrogen-bond donors (Lipinski definition) is 1. The maximum Gasteiger partial charge on any atom is 0.253 e. The zero-order valence-electron chi connectivity index (χ0n) is 18.0. The van der Waals surface area contributed by atoms with Crippen molar-refractivity contribution in [2.45, 2.75) is 45.2 Å². The third-order valence-corrected chi connectivity index (χ3v) is 6.84. The summed E-state index contributed by atoms with van der Waals surface area (Å²) < 4.78 is 10.7. The Morgan fingerprint density at radius 1 is 1.10 bits per heavy atom. The van der Waals surface area contributed by atoms with Crippen LogP contribution in [0, 0.1) is 5.92 Å². The van der Waals surface area contributed by atoms with Gasteiger partial charge in [-0.3, -0.25) is 9.59 Å². The Bertz CT molecular complexity index is 1100. The van der Waals surface area contributed by atoms with Crippen molar-refractivity contribution in [2.75, 3.05) is 14.2 Å². The van der Waals surface area contributed by atoms with Crippen LogP contribution in [0.4, 0.5) is 0 Å². The fraction of sp³-hybridized carbons (Fsp3) is 0.417. The van der Waals surface area contributed by atoms with Gasteiger partial charge in [-0.1, -0.05) is 25.3 Å². The number of hydrogen-bond acceptors (Lipinski definition) is 5. The summed E-state index contributed by atoms with van der Waals surface area (Å²) in [5, 5.41) is 2.86. The summed E-state index contributed by atoms with van der Waals surface area (Å²) in [7, 11) is 3.15. The van der Waals surface area contributed by atoms with E-state index in [4.69, 9.17) is 9.47 Å². The molecule has 7 heteroatoms. The lowest BCUT2D eigenvalue weighted by Gasteiger charge is -2.29. The van der Waals surface area contributed by atoms with Crippen molar-refractivity contribution < 1.29 is 14.3 Å². The fourth-order valence-electron chi connectivity index (χ4n) is 4.31. The molecule has 31 heavy (non-hydrogen) atoms. The quantitative estimate of drug-likeness (QED) is 0.577. The van der Waals surface area contributed by atoms with Gasteiger partial charge in [0.25, 0.3) is 5.56 Å². The Kier molecular flexibility index (Phi) is 6.61. The topological polar surface area (TPSA) is 71.6 Å². The number of methoxy groups -OCH3 is 2. The van der Waals surface area contributed by atoms with E-state index in [1.807, 2.05) is 34.5 Å². The molecule has 0 spiro atoms. The molecule has 1 saturated carbocycles. The molecule has 1 aliphatic carbocycles. The molecule has 3 aromatic rings. The summed E-state index contributed by atoms with van der Waals surface area (Å²) in [4.78, 5) is 32.1. The van der Waals surface area contributed by atoms with Gasteiger partial charge in [0.05, 0.1) is 32.8 Å². The molecular formula is C24H28N2O4S. The Labute approximate surface area is 185 Å². The normalized spacial score (nSPS) is 14.5. The van der Waals surface area contributed by atoms with Crippen molar-refractivity contribution in [1.29, 1.82) is 0 Å². The van der Waals surface area contributed by atoms with E-state index in [2.05, 4.69) is 4.98 Å². The number of benzene rings is 1. The first-order chi connectivity index (χ1) is 15.1. The second-order valence-corrected chi connectivity index (χ2v) is 9.06. The summed E-state index contributed by atoms with van der Waals surface area (Å²) >= 11 is 1.63. The average Bonchev–Trinajstić information content (AvgIpc) is 3.31. The number of aromatic amines is 1. The second-order valence-electron chi connectivity index (χ2n) is 8.03. The van der Waals surface area contributed by atoms with Crippen molar-refractivity contribution in [3.05, 3.63) is 56.5 Å². The molecule has 2 aromatic heterocycles. The molecule has 6 nitrogen and oxygen atoms in total. The molecule has 0 bridgehead atoms. The van der Waals surface area contributed by atoms with E-state index in [-0.39, 0.29) is 23.9 Å². The van der Waals surface area contributed by atoms with Crippen molar-refractivity contribution in [3.63, 3.8) is 0 Å². The van der Waals surface area contributed by atoms with Gasteiger partial charge in [-0.05, 0) is 36.4 Å². The zero-order valence-corrected chi connectivity index (χ0v) is 18.8. The number of nitrogens with zero attached hydrogens (tertiary/aromatic N) is 1. The number of aromatic nitrogens is 1. The third kappa shape index (κ3) is 4.77. The predicted molar refractivity (Wildman–Crippen MR) is 123 cm³/mol. The van der Waals surface area contributed by atoms with Gasteiger partial charge in [0.1, 0.15) is 0 Å². The average molecular weight is 441 g/mol. The Morgan fingerprint density at radius 2 is 1.84 bits per heavy atom. The first kappa shape index (κ1) is 21.4. The van der Waals surface area contributed by atoms with E-state index in [1.54, 1.807) is 31.6 Å². The molecule has 1 N–H and O–H groups in total. The Hall–Kier alpha value is -2.80. The molecule has 1 amide bonds. The molecule has 0 aliphatic heterocycles. The Morgan fingerprint density at radius 3 is 2.52 bits per heavy atom. The first-order valence-corrected chi connectivity index (χ1v) is 11.6. The smallest absolute Gasteiger partial charge is 0.253 e. The number of fused-ring (bicyclic) bond motifs is 1. The van der Waals surface area contributed by atoms with Crippen molar-refractivity contribution in [2.24, 2.45) is 5.92 Å². The van der Waals surface area contributed by atoms with E-state index < -0.39 is 0 Å². The van der Waals surface area contributed by atoms with Gasteiger partial charge in [-0.15, -0.1) is 11.3 Å². The predicted octanol–water partition coefficient (Wildman–Crippen LogP) is 4.72. The molecule has 2 heterocycles. The van der Waals surface area contributed by atoms with Gasteiger partial charge in [-0.25, -0.2) is 0 Å². The monoisotopic (exact) mass is 440 g/mol.